The number of rotatable bonds is 8. The molecule has 11 heteroatoms. The molecule has 1 amide bonds. The Bertz CT molecular complexity index is 920. The number of aromatic hydroxyl groups is 1. The van der Waals surface area contributed by atoms with Gasteiger partial charge in [-0.25, -0.2) is 5.43 Å². The number of ether oxygens (including phenoxy) is 2. The van der Waals surface area contributed by atoms with Gasteiger partial charge in [0.1, 0.15) is 5.75 Å². The van der Waals surface area contributed by atoms with Gasteiger partial charge >= 0.3 is 0 Å². The molecular weight excluding hydrogens is 413 g/mol. The summed E-state index contributed by atoms with van der Waals surface area (Å²) < 4.78 is 10.4. The molecule has 0 fully saturated rings. The quantitative estimate of drug-likeness (QED) is 0.377. The van der Waals surface area contributed by atoms with Crippen LogP contribution >= 0.6 is 23.2 Å². The molecule has 9 nitrogen and oxygen atoms in total. The summed E-state index contributed by atoms with van der Waals surface area (Å²) in [5, 5.41) is 25.4. The molecule has 0 bridgehead atoms. The normalized spacial score (nSPS) is 10.7. The molecule has 2 N–H and O–H groups in total. The summed E-state index contributed by atoms with van der Waals surface area (Å²) in [4.78, 5) is 22.2. The van der Waals surface area contributed by atoms with Crippen LogP contribution in [-0.2, 0) is 4.79 Å². The van der Waals surface area contributed by atoms with Crippen molar-refractivity contribution in [2.45, 2.75) is 6.92 Å². The number of amides is 1. The zero-order chi connectivity index (χ0) is 20.7. The lowest BCUT2D eigenvalue weighted by Crippen LogP contribution is -2.24. The molecule has 0 atom stereocenters. The first-order chi connectivity index (χ1) is 13.3. The van der Waals surface area contributed by atoms with Crippen LogP contribution in [0.2, 0.25) is 10.0 Å². The van der Waals surface area contributed by atoms with Gasteiger partial charge in [-0.2, -0.15) is 5.10 Å². The fraction of sp³-hybridized carbons (Fsp3) is 0.176. The van der Waals surface area contributed by atoms with Crippen LogP contribution in [0.25, 0.3) is 0 Å². The maximum Gasteiger partial charge on any atom is 0.277 e. The van der Waals surface area contributed by atoms with E-state index in [1.165, 1.54) is 12.1 Å². The van der Waals surface area contributed by atoms with Crippen LogP contribution in [0, 0.1) is 10.1 Å². The SMILES string of the molecule is CCOc1cc([N+](=O)[O-])cc(C=NNC(=O)COc2cc(Cl)ccc2Cl)c1O. The minimum absolute atomic E-state index is 0.00301. The van der Waals surface area contributed by atoms with Gasteiger partial charge in [0.05, 0.1) is 28.8 Å². The van der Waals surface area contributed by atoms with Gasteiger partial charge in [-0.1, -0.05) is 23.2 Å². The average Bonchev–Trinajstić information content (AvgIpc) is 2.65. The van der Waals surface area contributed by atoms with Crippen LogP contribution in [0.4, 0.5) is 5.69 Å². The summed E-state index contributed by atoms with van der Waals surface area (Å²) in [5.74, 6) is -0.802. The van der Waals surface area contributed by atoms with Crippen molar-refractivity contribution in [2.75, 3.05) is 13.2 Å². The van der Waals surface area contributed by atoms with E-state index in [0.29, 0.717) is 5.02 Å². The monoisotopic (exact) mass is 427 g/mol. The molecule has 0 saturated carbocycles. The first-order valence-corrected chi connectivity index (χ1v) is 8.61. The Morgan fingerprint density at radius 2 is 2.04 bits per heavy atom. The lowest BCUT2D eigenvalue weighted by atomic mass is 10.1. The van der Waals surface area contributed by atoms with Gasteiger partial charge in [0.25, 0.3) is 11.6 Å². The number of hydrazone groups is 1. The molecule has 0 saturated heterocycles. The number of hydrogen-bond acceptors (Lipinski definition) is 7. The minimum atomic E-state index is -0.638. The van der Waals surface area contributed by atoms with Crippen molar-refractivity contribution >= 4 is 41.0 Å². The Kier molecular flexibility index (Phi) is 7.42. The predicted molar refractivity (Wildman–Crippen MR) is 104 cm³/mol. The number of nitro groups is 1. The smallest absolute Gasteiger partial charge is 0.277 e. The third-order valence-electron chi connectivity index (χ3n) is 3.24. The number of non-ortho nitro benzene ring substituents is 1. The average molecular weight is 428 g/mol. The van der Waals surface area contributed by atoms with Gasteiger partial charge in [0.15, 0.2) is 18.1 Å². The van der Waals surface area contributed by atoms with Gasteiger partial charge in [-0.3, -0.25) is 14.9 Å². The van der Waals surface area contributed by atoms with Crippen molar-refractivity contribution in [3.63, 3.8) is 0 Å². The second kappa shape index (κ2) is 9.77. The first kappa shape index (κ1) is 21.3. The van der Waals surface area contributed by atoms with E-state index in [9.17, 15) is 20.0 Å². The van der Waals surface area contributed by atoms with E-state index < -0.39 is 17.4 Å². The molecule has 0 aliphatic rings. The number of carbonyl (C=O) groups is 1. The van der Waals surface area contributed by atoms with Gasteiger partial charge in [-0.15, -0.1) is 0 Å². The van der Waals surface area contributed by atoms with Gasteiger partial charge < -0.3 is 14.6 Å². The number of benzene rings is 2. The Labute approximate surface area is 169 Å². The highest BCUT2D eigenvalue weighted by molar-refractivity contribution is 6.34. The summed E-state index contributed by atoms with van der Waals surface area (Å²) in [6, 6.07) is 6.74. The highest BCUT2D eigenvalue weighted by Crippen LogP contribution is 2.33. The summed E-state index contributed by atoms with van der Waals surface area (Å²) in [6.07, 6.45) is 1.05. The van der Waals surface area contributed by atoms with Crippen molar-refractivity contribution < 1.29 is 24.3 Å². The maximum absolute atomic E-state index is 11.8. The highest BCUT2D eigenvalue weighted by atomic mass is 35.5. The van der Waals surface area contributed by atoms with Crippen LogP contribution < -0.4 is 14.9 Å². The Balaban J connectivity index is 2.04. The van der Waals surface area contributed by atoms with Crippen LogP contribution in [0.5, 0.6) is 17.2 Å². The molecule has 2 rings (SSSR count). The molecule has 0 spiro atoms. The fourth-order valence-corrected chi connectivity index (χ4v) is 2.36. The number of nitro benzene ring substituents is 1. The Hall–Kier alpha value is -3.04. The number of halogens is 2. The van der Waals surface area contributed by atoms with E-state index in [4.69, 9.17) is 32.7 Å². The molecular formula is C17H15Cl2N3O6. The predicted octanol–water partition coefficient (Wildman–Crippen LogP) is 3.54. The van der Waals surface area contributed by atoms with Gasteiger partial charge in [0, 0.05) is 22.7 Å². The van der Waals surface area contributed by atoms with E-state index in [-0.39, 0.29) is 40.1 Å². The molecule has 0 aliphatic carbocycles. The summed E-state index contributed by atoms with van der Waals surface area (Å²) in [5.41, 5.74) is 1.87. The number of nitrogens with one attached hydrogen (secondary N) is 1. The van der Waals surface area contributed by atoms with Crippen LogP contribution in [0.15, 0.2) is 35.4 Å². The van der Waals surface area contributed by atoms with Crippen LogP contribution in [0.3, 0.4) is 0 Å². The molecule has 0 radical (unpaired) electrons. The number of nitrogens with zero attached hydrogens (tertiary/aromatic N) is 2. The van der Waals surface area contributed by atoms with Gasteiger partial charge in [0.2, 0.25) is 0 Å². The van der Waals surface area contributed by atoms with E-state index in [1.807, 2.05) is 0 Å². The summed E-state index contributed by atoms with van der Waals surface area (Å²) in [6.45, 7) is 1.46. The summed E-state index contributed by atoms with van der Waals surface area (Å²) >= 11 is 11.7. The Morgan fingerprint density at radius 1 is 1.29 bits per heavy atom. The zero-order valence-electron chi connectivity index (χ0n) is 14.5. The van der Waals surface area contributed by atoms with Crippen molar-refractivity contribution in [1.29, 1.82) is 0 Å². The fourth-order valence-electron chi connectivity index (χ4n) is 2.02. The minimum Gasteiger partial charge on any atom is -0.504 e. The van der Waals surface area contributed by atoms with Crippen LogP contribution in [-0.4, -0.2) is 35.4 Å². The molecule has 28 heavy (non-hydrogen) atoms. The Morgan fingerprint density at radius 3 is 2.71 bits per heavy atom. The molecule has 2 aromatic rings. The zero-order valence-corrected chi connectivity index (χ0v) is 16.0. The van der Waals surface area contributed by atoms with E-state index in [1.54, 1.807) is 13.0 Å². The van der Waals surface area contributed by atoms with Gasteiger partial charge in [-0.05, 0) is 19.1 Å². The number of hydrogen-bond donors (Lipinski definition) is 2. The standard InChI is InChI=1S/C17H15Cl2N3O6/c1-2-27-15-7-12(22(25)26)5-10(17(15)24)8-20-21-16(23)9-28-14-6-11(18)3-4-13(14)19/h3-8,24H,2,9H2,1H3,(H,21,23). The van der Waals surface area contributed by atoms with E-state index >= 15 is 0 Å². The third kappa shape index (κ3) is 5.73. The number of carbonyl (C=O) groups excluding carboxylic acids is 1. The molecule has 0 heterocycles. The molecule has 2 aromatic carbocycles. The third-order valence-corrected chi connectivity index (χ3v) is 3.79. The lowest BCUT2D eigenvalue weighted by molar-refractivity contribution is -0.385. The van der Waals surface area contributed by atoms with Crippen molar-refractivity contribution in [2.24, 2.45) is 5.10 Å². The molecule has 0 aromatic heterocycles. The van der Waals surface area contributed by atoms with Crippen LogP contribution in [0.1, 0.15) is 12.5 Å². The molecule has 148 valence electrons. The lowest BCUT2D eigenvalue weighted by Gasteiger charge is -2.08. The second-order valence-electron chi connectivity index (χ2n) is 5.23. The summed E-state index contributed by atoms with van der Waals surface area (Å²) in [7, 11) is 0. The first-order valence-electron chi connectivity index (χ1n) is 7.85. The second-order valence-corrected chi connectivity index (χ2v) is 6.07. The topological polar surface area (TPSA) is 123 Å². The van der Waals surface area contributed by atoms with E-state index in [0.717, 1.165) is 18.3 Å². The number of phenolic OH excluding ortho intramolecular Hbond substituents is 1. The number of phenols is 1. The van der Waals surface area contributed by atoms with Crippen molar-refractivity contribution in [1.82, 2.24) is 5.43 Å². The van der Waals surface area contributed by atoms with Crippen molar-refractivity contribution in [3.05, 3.63) is 56.1 Å². The molecule has 0 unspecified atom stereocenters. The van der Waals surface area contributed by atoms with E-state index in [2.05, 4.69) is 10.5 Å². The maximum atomic E-state index is 11.8. The highest BCUT2D eigenvalue weighted by Gasteiger charge is 2.16. The van der Waals surface area contributed by atoms with Crippen molar-refractivity contribution in [3.8, 4) is 17.2 Å². The largest absolute Gasteiger partial charge is 0.504 e. The molecule has 0 aliphatic heterocycles.